The number of likely N-dealkylation sites (tertiary alicyclic amines) is 1. The molecule has 0 saturated carbocycles. The molecular weight excluding hydrogens is 270 g/mol. The first-order valence-electron chi connectivity index (χ1n) is 7.46. The standard InChI is InChI=1S/C15H19N3O3/c1-10-16-17-15(21-10)12-6-14-13(3-5-20-14)18(8-12)7-11-2-4-19-9-11/h2,4,9,12-14H,3,5-8H2,1H3/t12-,13-,14-/m1/s1. The fourth-order valence-corrected chi connectivity index (χ4v) is 3.51. The number of piperidine rings is 1. The fourth-order valence-electron chi connectivity index (χ4n) is 3.51. The first kappa shape index (κ1) is 13.0. The van der Waals surface area contributed by atoms with Gasteiger partial charge in [-0.3, -0.25) is 4.90 Å². The second-order valence-electron chi connectivity index (χ2n) is 5.92. The molecular formula is C15H19N3O3. The van der Waals surface area contributed by atoms with E-state index in [4.69, 9.17) is 13.6 Å². The third-order valence-electron chi connectivity index (χ3n) is 4.47. The molecule has 2 aromatic heterocycles. The predicted octanol–water partition coefficient (Wildman–Crippen LogP) is 2.12. The van der Waals surface area contributed by atoms with Gasteiger partial charge in [-0.1, -0.05) is 0 Å². The molecule has 2 aliphatic rings. The Hall–Kier alpha value is -1.66. The molecule has 6 nitrogen and oxygen atoms in total. The topological polar surface area (TPSA) is 64.5 Å². The van der Waals surface area contributed by atoms with Gasteiger partial charge in [-0.25, -0.2) is 0 Å². The Kier molecular flexibility index (Phi) is 3.27. The van der Waals surface area contributed by atoms with E-state index in [0.29, 0.717) is 11.9 Å². The number of aromatic nitrogens is 2. The molecule has 2 aliphatic heterocycles. The first-order valence-corrected chi connectivity index (χ1v) is 7.46. The smallest absolute Gasteiger partial charge is 0.220 e. The summed E-state index contributed by atoms with van der Waals surface area (Å²) in [7, 11) is 0. The molecule has 0 amide bonds. The van der Waals surface area contributed by atoms with E-state index in [1.807, 2.05) is 19.3 Å². The van der Waals surface area contributed by atoms with Gasteiger partial charge >= 0.3 is 0 Å². The van der Waals surface area contributed by atoms with Crippen LogP contribution in [0.15, 0.2) is 27.4 Å². The van der Waals surface area contributed by atoms with Crippen LogP contribution < -0.4 is 0 Å². The summed E-state index contributed by atoms with van der Waals surface area (Å²) in [5, 5.41) is 8.15. The zero-order chi connectivity index (χ0) is 14.2. The number of hydrogen-bond acceptors (Lipinski definition) is 6. The van der Waals surface area contributed by atoms with Crippen molar-refractivity contribution in [3.63, 3.8) is 0 Å². The minimum atomic E-state index is 0.248. The van der Waals surface area contributed by atoms with E-state index in [1.54, 1.807) is 6.26 Å². The van der Waals surface area contributed by atoms with Crippen molar-refractivity contribution in [2.75, 3.05) is 13.2 Å². The largest absolute Gasteiger partial charge is 0.472 e. The van der Waals surface area contributed by atoms with Crippen LogP contribution >= 0.6 is 0 Å². The molecule has 4 rings (SSSR count). The van der Waals surface area contributed by atoms with E-state index in [2.05, 4.69) is 15.1 Å². The molecule has 112 valence electrons. The number of hydrogen-bond donors (Lipinski definition) is 0. The highest BCUT2D eigenvalue weighted by Crippen LogP contribution is 2.36. The highest BCUT2D eigenvalue weighted by molar-refractivity contribution is 5.09. The van der Waals surface area contributed by atoms with Gasteiger partial charge in [0.1, 0.15) is 0 Å². The molecule has 0 N–H and O–H groups in total. The van der Waals surface area contributed by atoms with Crippen LogP contribution in [0.2, 0.25) is 0 Å². The maximum Gasteiger partial charge on any atom is 0.220 e. The Morgan fingerprint density at radius 2 is 2.33 bits per heavy atom. The number of furan rings is 1. The predicted molar refractivity (Wildman–Crippen MR) is 73.7 cm³/mol. The van der Waals surface area contributed by atoms with E-state index in [1.165, 1.54) is 5.56 Å². The highest BCUT2D eigenvalue weighted by atomic mass is 16.5. The Morgan fingerprint density at radius 3 is 3.10 bits per heavy atom. The van der Waals surface area contributed by atoms with Gasteiger partial charge in [0.25, 0.3) is 0 Å². The minimum absolute atomic E-state index is 0.248. The van der Waals surface area contributed by atoms with Gasteiger partial charge in [0.2, 0.25) is 11.8 Å². The maximum atomic E-state index is 5.91. The molecule has 4 heterocycles. The summed E-state index contributed by atoms with van der Waals surface area (Å²) in [4.78, 5) is 2.47. The van der Waals surface area contributed by atoms with Crippen molar-refractivity contribution < 1.29 is 13.6 Å². The molecule has 0 spiro atoms. The Bertz CT molecular complexity index is 595. The van der Waals surface area contributed by atoms with Gasteiger partial charge in [-0.2, -0.15) is 0 Å². The first-order chi connectivity index (χ1) is 10.3. The SMILES string of the molecule is Cc1nnc([C@@H]2C[C@H]3OCC[C@H]3N(Cc3ccoc3)C2)o1. The van der Waals surface area contributed by atoms with Crippen LogP contribution in [-0.2, 0) is 11.3 Å². The second-order valence-corrected chi connectivity index (χ2v) is 5.92. The van der Waals surface area contributed by atoms with Crippen molar-refractivity contribution in [1.29, 1.82) is 0 Å². The number of nitrogens with zero attached hydrogens (tertiary/aromatic N) is 3. The molecule has 0 aromatic carbocycles. The Morgan fingerprint density at radius 1 is 1.38 bits per heavy atom. The summed E-state index contributed by atoms with van der Waals surface area (Å²) < 4.78 is 16.7. The van der Waals surface area contributed by atoms with E-state index >= 15 is 0 Å². The normalized spacial score (nSPS) is 29.7. The molecule has 0 radical (unpaired) electrons. The third-order valence-corrected chi connectivity index (χ3v) is 4.47. The minimum Gasteiger partial charge on any atom is -0.472 e. The van der Waals surface area contributed by atoms with E-state index in [9.17, 15) is 0 Å². The van der Waals surface area contributed by atoms with Crippen LogP contribution in [0.1, 0.15) is 36.1 Å². The van der Waals surface area contributed by atoms with E-state index < -0.39 is 0 Å². The van der Waals surface area contributed by atoms with Crippen LogP contribution in [0, 0.1) is 6.92 Å². The summed E-state index contributed by atoms with van der Waals surface area (Å²) in [6.45, 7) is 4.48. The summed E-state index contributed by atoms with van der Waals surface area (Å²) in [6.07, 6.45) is 5.86. The fraction of sp³-hybridized carbons (Fsp3) is 0.600. The molecule has 2 saturated heterocycles. The molecule has 2 fully saturated rings. The molecule has 0 aliphatic carbocycles. The van der Waals surface area contributed by atoms with Crippen molar-refractivity contribution in [1.82, 2.24) is 15.1 Å². The van der Waals surface area contributed by atoms with Crippen molar-refractivity contribution in [2.45, 2.75) is 44.4 Å². The molecule has 2 aromatic rings. The Labute approximate surface area is 123 Å². The molecule has 0 unspecified atom stereocenters. The lowest BCUT2D eigenvalue weighted by Gasteiger charge is -2.39. The number of fused-ring (bicyclic) bond motifs is 1. The summed E-state index contributed by atoms with van der Waals surface area (Å²) in [5.74, 6) is 1.61. The zero-order valence-corrected chi connectivity index (χ0v) is 12.1. The van der Waals surface area contributed by atoms with Gasteiger partial charge in [0.15, 0.2) is 0 Å². The van der Waals surface area contributed by atoms with Crippen molar-refractivity contribution in [3.05, 3.63) is 35.9 Å². The summed E-state index contributed by atoms with van der Waals surface area (Å²) in [5.41, 5.74) is 1.20. The number of aryl methyl sites for hydroxylation is 1. The van der Waals surface area contributed by atoms with Crippen molar-refractivity contribution in [3.8, 4) is 0 Å². The lowest BCUT2D eigenvalue weighted by Crippen LogP contribution is -2.48. The van der Waals surface area contributed by atoms with E-state index in [-0.39, 0.29) is 12.0 Å². The average Bonchev–Trinajstić information content (AvgIpc) is 3.18. The number of rotatable bonds is 3. The van der Waals surface area contributed by atoms with Crippen molar-refractivity contribution in [2.24, 2.45) is 0 Å². The molecule has 21 heavy (non-hydrogen) atoms. The van der Waals surface area contributed by atoms with Crippen molar-refractivity contribution >= 4 is 0 Å². The lowest BCUT2D eigenvalue weighted by molar-refractivity contribution is 0.00915. The van der Waals surface area contributed by atoms with Crippen LogP contribution in [-0.4, -0.2) is 40.4 Å². The maximum absolute atomic E-state index is 5.91. The van der Waals surface area contributed by atoms with Crippen LogP contribution in [0.5, 0.6) is 0 Å². The van der Waals surface area contributed by atoms with Crippen LogP contribution in [0.3, 0.4) is 0 Å². The Balaban J connectivity index is 1.55. The molecule has 6 heteroatoms. The number of ether oxygens (including phenoxy) is 1. The third kappa shape index (κ3) is 2.49. The van der Waals surface area contributed by atoms with Gasteiger partial charge in [0, 0.05) is 38.2 Å². The average molecular weight is 289 g/mol. The molecule has 3 atom stereocenters. The van der Waals surface area contributed by atoms with Crippen LogP contribution in [0.25, 0.3) is 0 Å². The van der Waals surface area contributed by atoms with E-state index in [0.717, 1.165) is 38.4 Å². The lowest BCUT2D eigenvalue weighted by atomic mass is 9.89. The second kappa shape index (κ2) is 5.27. The quantitative estimate of drug-likeness (QED) is 0.862. The van der Waals surface area contributed by atoms with Gasteiger partial charge in [-0.05, 0) is 18.9 Å². The van der Waals surface area contributed by atoms with Gasteiger partial charge in [-0.15, -0.1) is 10.2 Å². The summed E-state index contributed by atoms with van der Waals surface area (Å²) >= 11 is 0. The van der Waals surface area contributed by atoms with Gasteiger partial charge < -0.3 is 13.6 Å². The molecule has 0 bridgehead atoms. The highest BCUT2D eigenvalue weighted by Gasteiger charge is 2.42. The zero-order valence-electron chi connectivity index (χ0n) is 12.1. The summed E-state index contributed by atoms with van der Waals surface area (Å²) in [6, 6.07) is 2.51. The van der Waals surface area contributed by atoms with Gasteiger partial charge in [0.05, 0.1) is 24.5 Å². The van der Waals surface area contributed by atoms with Crippen LogP contribution in [0.4, 0.5) is 0 Å². The monoisotopic (exact) mass is 289 g/mol.